The summed E-state index contributed by atoms with van der Waals surface area (Å²) in [7, 11) is 0. The molecule has 0 saturated carbocycles. The minimum atomic E-state index is -0.393. The standard InChI is InChI=1S/C43H46N10O4/c1-27-21-34(9-10-37(27)53-17-13-38(54)49-43(53)56)51-18-19-52(39(55)26-51)25-29-11-15-50(16-12-29)33-7-5-32(6-8-33)47-42-46-23-31-4-3-30(22-36(31)48-42)35-24-45-41-40(28(35)2)44-14-20-57-41/h3-10,21-24,29,44H,11-20,25-26H2,1-2H3,(H,46,47,48)(H,49,54,56). The third-order valence-corrected chi connectivity index (χ3v) is 11.6. The lowest BCUT2D eigenvalue weighted by Crippen LogP contribution is -2.52. The van der Waals surface area contributed by atoms with Gasteiger partial charge in [-0.05, 0) is 97.8 Å². The van der Waals surface area contributed by atoms with E-state index in [1.165, 1.54) is 5.69 Å². The van der Waals surface area contributed by atoms with E-state index in [1.54, 1.807) is 4.90 Å². The Morgan fingerprint density at radius 3 is 2.47 bits per heavy atom. The summed E-state index contributed by atoms with van der Waals surface area (Å²) in [5.74, 6) is 1.55. The van der Waals surface area contributed by atoms with E-state index in [9.17, 15) is 14.4 Å². The van der Waals surface area contributed by atoms with Crippen LogP contribution in [0.3, 0.4) is 0 Å². The summed E-state index contributed by atoms with van der Waals surface area (Å²) in [6.07, 6.45) is 6.06. The number of benzene rings is 3. The molecule has 3 fully saturated rings. The number of carbonyl (C=O) groups is 3. The monoisotopic (exact) mass is 766 g/mol. The van der Waals surface area contributed by atoms with Gasteiger partial charge in [0.1, 0.15) is 12.3 Å². The SMILES string of the molecule is Cc1cc(N2CCN(CC3CCN(c4ccc(Nc5ncc6ccc(-c7cnc8c(c7C)NCCO8)cc6n5)cc4)CC3)C(=O)C2)ccc1N1CCC(=O)NC1=O. The molecule has 4 aliphatic heterocycles. The maximum absolute atomic E-state index is 13.3. The highest BCUT2D eigenvalue weighted by atomic mass is 16.5. The summed E-state index contributed by atoms with van der Waals surface area (Å²) in [4.78, 5) is 59.4. The fourth-order valence-electron chi connectivity index (χ4n) is 8.39. The van der Waals surface area contributed by atoms with Crippen molar-refractivity contribution in [2.24, 2.45) is 5.92 Å². The van der Waals surface area contributed by atoms with Gasteiger partial charge in [0.05, 0.1) is 12.1 Å². The zero-order chi connectivity index (χ0) is 39.0. The summed E-state index contributed by atoms with van der Waals surface area (Å²) in [5.41, 5.74) is 9.75. The van der Waals surface area contributed by atoms with Gasteiger partial charge in [-0.2, -0.15) is 0 Å². The summed E-state index contributed by atoms with van der Waals surface area (Å²) in [5, 5.41) is 10.2. The van der Waals surface area contributed by atoms with E-state index in [0.717, 1.165) is 101 Å². The number of aryl methyl sites for hydroxylation is 1. The van der Waals surface area contributed by atoms with Crippen molar-refractivity contribution in [1.29, 1.82) is 0 Å². The Bertz CT molecular complexity index is 2360. The number of nitrogens with one attached hydrogen (secondary N) is 3. The molecule has 0 aliphatic carbocycles. The molecule has 3 aromatic carbocycles. The van der Waals surface area contributed by atoms with E-state index in [1.807, 2.05) is 48.5 Å². The molecule has 0 radical (unpaired) electrons. The Hall–Kier alpha value is -6.44. The first kappa shape index (κ1) is 36.2. The second kappa shape index (κ2) is 15.2. The molecule has 9 rings (SSSR count). The molecule has 57 heavy (non-hydrogen) atoms. The van der Waals surface area contributed by atoms with Crippen LogP contribution in [0.5, 0.6) is 5.88 Å². The smallest absolute Gasteiger partial charge is 0.328 e. The highest BCUT2D eigenvalue weighted by Gasteiger charge is 2.30. The molecule has 4 aliphatic rings. The van der Waals surface area contributed by atoms with E-state index in [2.05, 4.69) is 79.0 Å². The second-order valence-corrected chi connectivity index (χ2v) is 15.3. The number of fused-ring (bicyclic) bond motifs is 2. The molecule has 4 amide bonds. The molecular formula is C43H46N10O4. The van der Waals surface area contributed by atoms with Crippen LogP contribution in [-0.2, 0) is 9.59 Å². The molecule has 3 N–H and O–H groups in total. The molecule has 0 bridgehead atoms. The number of pyridine rings is 1. The van der Waals surface area contributed by atoms with Gasteiger partial charge in [-0.25, -0.2) is 19.7 Å². The van der Waals surface area contributed by atoms with Crippen molar-refractivity contribution in [3.8, 4) is 17.0 Å². The predicted molar refractivity (Wildman–Crippen MR) is 222 cm³/mol. The average molecular weight is 767 g/mol. The van der Waals surface area contributed by atoms with Crippen LogP contribution < -0.4 is 35.4 Å². The number of piperidine rings is 1. The van der Waals surface area contributed by atoms with Crippen molar-refractivity contribution >= 4 is 63.1 Å². The van der Waals surface area contributed by atoms with Crippen LogP contribution in [0.1, 0.15) is 30.4 Å². The van der Waals surface area contributed by atoms with Crippen LogP contribution in [0.25, 0.3) is 22.0 Å². The first-order valence-corrected chi connectivity index (χ1v) is 19.8. The molecule has 14 nitrogen and oxygen atoms in total. The van der Waals surface area contributed by atoms with Crippen molar-refractivity contribution in [3.05, 3.63) is 84.2 Å². The minimum absolute atomic E-state index is 0.146. The molecular weight excluding hydrogens is 721 g/mol. The quantitative estimate of drug-likeness (QED) is 0.174. The predicted octanol–water partition coefficient (Wildman–Crippen LogP) is 5.87. The number of hydrogen-bond donors (Lipinski definition) is 3. The van der Waals surface area contributed by atoms with Gasteiger partial charge in [0, 0.05) is 98.3 Å². The Morgan fingerprint density at radius 1 is 0.860 bits per heavy atom. The Kier molecular flexibility index (Phi) is 9.68. The summed E-state index contributed by atoms with van der Waals surface area (Å²) in [6.45, 7) is 10.2. The lowest BCUT2D eigenvalue weighted by Gasteiger charge is -2.40. The van der Waals surface area contributed by atoms with E-state index < -0.39 is 6.03 Å². The molecule has 5 aromatic rings. The third kappa shape index (κ3) is 7.46. The zero-order valence-electron chi connectivity index (χ0n) is 32.3. The van der Waals surface area contributed by atoms with Gasteiger partial charge < -0.3 is 30.1 Å². The van der Waals surface area contributed by atoms with E-state index in [4.69, 9.17) is 9.72 Å². The van der Waals surface area contributed by atoms with Crippen molar-refractivity contribution in [3.63, 3.8) is 0 Å². The van der Waals surface area contributed by atoms with E-state index >= 15 is 0 Å². The topological polar surface area (TPSA) is 148 Å². The average Bonchev–Trinajstić information content (AvgIpc) is 3.22. The van der Waals surface area contributed by atoms with Crippen molar-refractivity contribution in [2.75, 3.05) is 84.3 Å². The normalized spacial score (nSPS) is 17.6. The van der Waals surface area contributed by atoms with Gasteiger partial charge in [0.25, 0.3) is 0 Å². The number of rotatable bonds is 8. The summed E-state index contributed by atoms with van der Waals surface area (Å²) in [6, 6.07) is 20.1. The number of amides is 4. The van der Waals surface area contributed by atoms with Crippen molar-refractivity contribution in [1.82, 2.24) is 25.2 Å². The summed E-state index contributed by atoms with van der Waals surface area (Å²) < 4.78 is 5.71. The molecule has 2 aromatic heterocycles. The lowest BCUT2D eigenvalue weighted by atomic mass is 9.95. The fourth-order valence-corrected chi connectivity index (χ4v) is 8.39. The third-order valence-electron chi connectivity index (χ3n) is 11.6. The number of urea groups is 1. The number of carbonyl (C=O) groups excluding carboxylic acids is 3. The molecule has 292 valence electrons. The number of imide groups is 1. The highest BCUT2D eigenvalue weighted by molar-refractivity contribution is 6.06. The van der Waals surface area contributed by atoms with Crippen LogP contribution in [-0.4, -0.2) is 96.7 Å². The Balaban J connectivity index is 0.767. The zero-order valence-corrected chi connectivity index (χ0v) is 32.3. The van der Waals surface area contributed by atoms with Crippen LogP contribution in [0, 0.1) is 19.8 Å². The van der Waals surface area contributed by atoms with Gasteiger partial charge in [-0.15, -0.1) is 0 Å². The first-order valence-electron chi connectivity index (χ1n) is 19.8. The first-order chi connectivity index (χ1) is 27.8. The Labute approximate surface area is 331 Å². The van der Waals surface area contributed by atoms with Crippen LogP contribution in [0.4, 0.5) is 39.2 Å². The van der Waals surface area contributed by atoms with Crippen LogP contribution >= 0.6 is 0 Å². The number of hydrogen-bond acceptors (Lipinski definition) is 11. The minimum Gasteiger partial charge on any atom is -0.474 e. The maximum atomic E-state index is 13.3. The highest BCUT2D eigenvalue weighted by Crippen LogP contribution is 2.36. The molecule has 0 unspecified atom stereocenters. The van der Waals surface area contributed by atoms with Crippen LogP contribution in [0.2, 0.25) is 0 Å². The number of aromatic nitrogens is 3. The maximum Gasteiger partial charge on any atom is 0.328 e. The van der Waals surface area contributed by atoms with Crippen molar-refractivity contribution in [2.45, 2.75) is 33.1 Å². The number of nitrogens with zero attached hydrogens (tertiary/aromatic N) is 7. The molecule has 3 saturated heterocycles. The van der Waals surface area contributed by atoms with Gasteiger partial charge in [0.15, 0.2) is 0 Å². The van der Waals surface area contributed by atoms with Crippen molar-refractivity contribution < 1.29 is 19.1 Å². The van der Waals surface area contributed by atoms with E-state index in [0.29, 0.717) is 44.0 Å². The lowest BCUT2D eigenvalue weighted by molar-refractivity contribution is -0.131. The molecule has 6 heterocycles. The number of piperazine rings is 1. The molecule has 0 spiro atoms. The molecule has 0 atom stereocenters. The summed E-state index contributed by atoms with van der Waals surface area (Å²) >= 11 is 0. The van der Waals surface area contributed by atoms with Gasteiger partial charge in [-0.1, -0.05) is 12.1 Å². The Morgan fingerprint density at radius 2 is 1.68 bits per heavy atom. The second-order valence-electron chi connectivity index (χ2n) is 15.3. The van der Waals surface area contributed by atoms with Gasteiger partial charge >= 0.3 is 6.03 Å². The van der Waals surface area contributed by atoms with Crippen LogP contribution in [0.15, 0.2) is 73.1 Å². The number of ether oxygens (including phenoxy) is 1. The molecule has 14 heteroatoms. The van der Waals surface area contributed by atoms with Gasteiger partial charge in [0.2, 0.25) is 23.6 Å². The number of anilines is 6. The van der Waals surface area contributed by atoms with Gasteiger partial charge in [-0.3, -0.25) is 19.8 Å². The largest absolute Gasteiger partial charge is 0.474 e. The fraction of sp³-hybridized carbons (Fsp3) is 0.349. The van der Waals surface area contributed by atoms with E-state index in [-0.39, 0.29) is 18.2 Å².